The van der Waals surface area contributed by atoms with Gasteiger partial charge in [-0.2, -0.15) is 9.99 Å². The van der Waals surface area contributed by atoms with Crippen molar-refractivity contribution in [3.63, 3.8) is 0 Å². The highest BCUT2D eigenvalue weighted by Crippen LogP contribution is 2.30. The molecule has 2 rings (SSSR count). The van der Waals surface area contributed by atoms with Gasteiger partial charge in [0.2, 0.25) is 11.6 Å². The van der Waals surface area contributed by atoms with Crippen LogP contribution in [0, 0.1) is 22.0 Å². The molecule has 0 atom stereocenters. The highest BCUT2D eigenvalue weighted by molar-refractivity contribution is 6.32. The lowest BCUT2D eigenvalue weighted by Gasteiger charge is -2.23. The van der Waals surface area contributed by atoms with Crippen LogP contribution in [-0.2, 0) is 4.84 Å². The molecule has 0 aliphatic carbocycles. The van der Waals surface area contributed by atoms with Gasteiger partial charge in [-0.1, -0.05) is 37.5 Å². The summed E-state index contributed by atoms with van der Waals surface area (Å²) in [5.74, 6) is -1.26. The average Bonchev–Trinajstić information content (AvgIpc) is 2.63. The van der Waals surface area contributed by atoms with Crippen LogP contribution >= 0.6 is 11.6 Å². The summed E-state index contributed by atoms with van der Waals surface area (Å²) in [4.78, 5) is 18.6. The standard InChI is InChI=1S/C22H24ClN3O5/c1-21(2,3)20(25-31-22(4,5)6)30-17-8-7-9-26(29)18(17)19(28)14-10-13(12-24)15(23)11-16(14)27/h7-11,27H,1-6H3/b25-20-. The van der Waals surface area contributed by atoms with Gasteiger partial charge in [-0.3, -0.25) is 4.79 Å². The number of ether oxygens (including phenoxy) is 1. The van der Waals surface area contributed by atoms with Crippen LogP contribution in [-0.4, -0.2) is 22.4 Å². The van der Waals surface area contributed by atoms with Gasteiger partial charge in [-0.15, -0.1) is 0 Å². The van der Waals surface area contributed by atoms with Crippen LogP contribution in [0.25, 0.3) is 0 Å². The van der Waals surface area contributed by atoms with Crippen molar-refractivity contribution in [3.05, 3.63) is 57.5 Å². The molecule has 31 heavy (non-hydrogen) atoms. The fraction of sp³-hybridized carbons (Fsp3) is 0.364. The summed E-state index contributed by atoms with van der Waals surface area (Å²) in [6.45, 7) is 10.9. The Morgan fingerprint density at radius 2 is 1.90 bits per heavy atom. The van der Waals surface area contributed by atoms with E-state index in [9.17, 15) is 20.4 Å². The molecule has 1 aromatic carbocycles. The number of oxime groups is 1. The Balaban J connectivity index is 2.58. The van der Waals surface area contributed by atoms with E-state index in [4.69, 9.17) is 21.2 Å². The first-order valence-corrected chi connectivity index (χ1v) is 9.76. The van der Waals surface area contributed by atoms with Crippen molar-refractivity contribution in [2.75, 3.05) is 0 Å². The van der Waals surface area contributed by atoms with Gasteiger partial charge in [-0.05, 0) is 32.9 Å². The molecule has 0 bridgehead atoms. The third kappa shape index (κ3) is 5.86. The number of rotatable bonds is 4. The fourth-order valence-electron chi connectivity index (χ4n) is 2.31. The Hall–Kier alpha value is -3.31. The zero-order valence-electron chi connectivity index (χ0n) is 18.2. The Bertz CT molecular complexity index is 1080. The molecule has 1 aromatic heterocycles. The van der Waals surface area contributed by atoms with Crippen molar-refractivity contribution in [2.24, 2.45) is 10.6 Å². The Labute approximate surface area is 185 Å². The lowest BCUT2D eigenvalue weighted by atomic mass is 9.96. The van der Waals surface area contributed by atoms with Gasteiger partial charge in [0.25, 0.3) is 5.78 Å². The number of aromatic nitrogens is 1. The summed E-state index contributed by atoms with van der Waals surface area (Å²) in [6.07, 6.45) is 1.12. The Kier molecular flexibility index (Phi) is 6.82. The second-order valence-electron chi connectivity index (χ2n) is 8.79. The van der Waals surface area contributed by atoms with Crippen molar-refractivity contribution in [3.8, 4) is 17.6 Å². The molecule has 8 nitrogen and oxygen atoms in total. The molecule has 0 spiro atoms. The number of phenols is 1. The van der Waals surface area contributed by atoms with E-state index >= 15 is 0 Å². The number of pyridine rings is 1. The summed E-state index contributed by atoms with van der Waals surface area (Å²) in [5.41, 5.74) is -1.88. The molecule has 0 saturated carbocycles. The number of carbonyl (C=O) groups is 1. The van der Waals surface area contributed by atoms with Crippen LogP contribution in [0.1, 0.15) is 63.2 Å². The number of nitriles is 1. The Morgan fingerprint density at radius 3 is 2.45 bits per heavy atom. The van der Waals surface area contributed by atoms with E-state index in [1.807, 2.05) is 47.6 Å². The predicted octanol–water partition coefficient (Wildman–Crippen LogP) is 4.34. The van der Waals surface area contributed by atoms with Gasteiger partial charge in [0.1, 0.15) is 17.4 Å². The maximum absolute atomic E-state index is 13.2. The van der Waals surface area contributed by atoms with Gasteiger partial charge in [0.15, 0.2) is 6.20 Å². The summed E-state index contributed by atoms with van der Waals surface area (Å²) in [5, 5.41) is 36.0. The van der Waals surface area contributed by atoms with Crippen molar-refractivity contribution < 1.29 is 24.2 Å². The minimum atomic E-state index is -0.846. The Morgan fingerprint density at radius 1 is 1.26 bits per heavy atom. The minimum absolute atomic E-state index is 0.0161. The average molecular weight is 446 g/mol. The van der Waals surface area contributed by atoms with Crippen LogP contribution in [0.15, 0.2) is 35.6 Å². The molecule has 9 heteroatoms. The van der Waals surface area contributed by atoms with E-state index in [0.29, 0.717) is 4.73 Å². The minimum Gasteiger partial charge on any atom is -0.618 e. The molecule has 1 N–H and O–H groups in total. The van der Waals surface area contributed by atoms with Crippen LogP contribution in [0.2, 0.25) is 5.02 Å². The molecular formula is C22H24ClN3O5. The number of aromatic hydroxyl groups is 1. The number of hydrogen-bond donors (Lipinski definition) is 1. The van der Waals surface area contributed by atoms with Crippen molar-refractivity contribution in [1.29, 1.82) is 5.26 Å². The number of phenolic OH excluding ortho intramolecular Hbond substituents is 1. The van der Waals surface area contributed by atoms with Crippen molar-refractivity contribution in [1.82, 2.24) is 0 Å². The fourth-order valence-corrected chi connectivity index (χ4v) is 2.51. The topological polar surface area (TPSA) is 119 Å². The second kappa shape index (κ2) is 8.82. The number of nitrogens with zero attached hydrogens (tertiary/aromatic N) is 3. The van der Waals surface area contributed by atoms with E-state index in [1.54, 1.807) is 0 Å². The normalized spacial score (nSPS) is 12.3. The number of hydrogen-bond acceptors (Lipinski definition) is 7. The smallest absolute Gasteiger partial charge is 0.308 e. The summed E-state index contributed by atoms with van der Waals surface area (Å²) < 4.78 is 6.18. The molecular weight excluding hydrogens is 422 g/mol. The van der Waals surface area contributed by atoms with Crippen LogP contribution in [0.5, 0.6) is 11.5 Å². The summed E-state index contributed by atoms with van der Waals surface area (Å²) in [7, 11) is 0. The van der Waals surface area contributed by atoms with E-state index < -0.39 is 28.2 Å². The van der Waals surface area contributed by atoms with E-state index in [1.165, 1.54) is 12.1 Å². The van der Waals surface area contributed by atoms with Crippen molar-refractivity contribution in [2.45, 2.75) is 47.1 Å². The molecule has 0 saturated heterocycles. The van der Waals surface area contributed by atoms with Gasteiger partial charge < -0.3 is 19.9 Å². The van der Waals surface area contributed by atoms with Crippen molar-refractivity contribution >= 4 is 23.3 Å². The SMILES string of the molecule is CC(C)(C)O/N=C(\Oc1ccc[n+]([O-])c1C(=O)c1cc(C#N)c(Cl)cc1O)C(C)(C)C. The lowest BCUT2D eigenvalue weighted by molar-refractivity contribution is -0.607. The largest absolute Gasteiger partial charge is 0.618 e. The highest BCUT2D eigenvalue weighted by Gasteiger charge is 2.31. The first-order valence-electron chi connectivity index (χ1n) is 9.38. The molecule has 1 heterocycles. The zero-order chi connectivity index (χ0) is 23.6. The first-order chi connectivity index (χ1) is 14.2. The van der Waals surface area contributed by atoms with Gasteiger partial charge in [0.05, 0.1) is 16.1 Å². The molecule has 164 valence electrons. The number of benzene rings is 1. The molecule has 0 amide bonds. The summed E-state index contributed by atoms with van der Waals surface area (Å²) >= 11 is 5.89. The first kappa shape index (κ1) is 24.0. The van der Waals surface area contributed by atoms with Gasteiger partial charge in [-0.25, -0.2) is 0 Å². The summed E-state index contributed by atoms with van der Waals surface area (Å²) in [6, 6.07) is 6.87. The van der Waals surface area contributed by atoms with Crippen LogP contribution in [0.4, 0.5) is 0 Å². The lowest BCUT2D eigenvalue weighted by Crippen LogP contribution is -2.37. The quantitative estimate of drug-likeness (QED) is 0.187. The third-order valence-electron chi connectivity index (χ3n) is 3.84. The third-order valence-corrected chi connectivity index (χ3v) is 4.15. The maximum atomic E-state index is 13.2. The predicted molar refractivity (Wildman–Crippen MR) is 115 cm³/mol. The van der Waals surface area contributed by atoms with Gasteiger partial charge in [0, 0.05) is 17.5 Å². The second-order valence-corrected chi connectivity index (χ2v) is 9.20. The van der Waals surface area contributed by atoms with E-state index in [2.05, 4.69) is 5.16 Å². The molecule has 0 aliphatic rings. The van der Waals surface area contributed by atoms with Crippen LogP contribution in [0.3, 0.4) is 0 Å². The monoisotopic (exact) mass is 445 g/mol. The number of ketones is 1. The zero-order valence-corrected chi connectivity index (χ0v) is 18.9. The number of carbonyl (C=O) groups excluding carboxylic acids is 1. The molecule has 0 unspecified atom stereocenters. The maximum Gasteiger partial charge on any atom is 0.308 e. The molecule has 0 aliphatic heterocycles. The van der Waals surface area contributed by atoms with Crippen LogP contribution < -0.4 is 9.47 Å². The molecule has 0 fully saturated rings. The highest BCUT2D eigenvalue weighted by atomic mass is 35.5. The van der Waals surface area contributed by atoms with E-state index in [-0.39, 0.29) is 27.8 Å². The van der Waals surface area contributed by atoms with E-state index in [0.717, 1.165) is 18.3 Å². The van der Waals surface area contributed by atoms with Gasteiger partial charge >= 0.3 is 5.69 Å². The molecule has 0 radical (unpaired) electrons. The molecule has 2 aromatic rings. The number of halogens is 1.